The van der Waals surface area contributed by atoms with E-state index in [1.54, 1.807) is 42.6 Å². The minimum atomic E-state index is -0.839. The highest BCUT2D eigenvalue weighted by Crippen LogP contribution is 2.35. The minimum Gasteiger partial charge on any atom is -0.507 e. The number of phenols is 1. The number of piperidine rings is 1. The summed E-state index contributed by atoms with van der Waals surface area (Å²) >= 11 is 0. The van der Waals surface area contributed by atoms with Crippen LogP contribution in [0.2, 0.25) is 0 Å². The number of anilines is 2. The number of hydrogen-bond acceptors (Lipinski definition) is 11. The summed E-state index contributed by atoms with van der Waals surface area (Å²) in [7, 11) is 0. The summed E-state index contributed by atoms with van der Waals surface area (Å²) in [6.07, 6.45) is 15.6. The van der Waals surface area contributed by atoms with E-state index in [9.17, 15) is 33.9 Å². The number of aromatic hydroxyl groups is 1. The maximum atomic E-state index is 13.3. The molecule has 3 aromatic rings. The molecule has 1 aromatic heterocycles. The van der Waals surface area contributed by atoms with Crippen LogP contribution in [0.1, 0.15) is 125 Å². The van der Waals surface area contributed by atoms with E-state index in [0.29, 0.717) is 67.0 Å². The zero-order valence-corrected chi connectivity index (χ0v) is 35.8. The predicted molar refractivity (Wildman–Crippen MR) is 239 cm³/mol. The Labute approximate surface area is 368 Å². The summed E-state index contributed by atoms with van der Waals surface area (Å²) in [5.41, 5.74) is 2.63. The number of imide groups is 1. The summed E-state index contributed by atoms with van der Waals surface area (Å²) in [5.74, 6) is -0.767. The van der Waals surface area contributed by atoms with Gasteiger partial charge in [0.1, 0.15) is 17.6 Å². The average Bonchev–Trinajstić information content (AvgIpc) is 3.96. The van der Waals surface area contributed by atoms with E-state index in [2.05, 4.69) is 42.6 Å². The molecule has 63 heavy (non-hydrogen) atoms. The van der Waals surface area contributed by atoms with Crippen molar-refractivity contribution in [3.8, 4) is 5.75 Å². The number of pyridine rings is 1. The van der Waals surface area contributed by atoms with Crippen LogP contribution in [0.3, 0.4) is 0 Å². The van der Waals surface area contributed by atoms with E-state index in [0.717, 1.165) is 88.0 Å². The maximum Gasteiger partial charge on any atom is 0.264 e. The lowest BCUT2D eigenvalue weighted by molar-refractivity contribution is -0.125. The van der Waals surface area contributed by atoms with Gasteiger partial charge < -0.3 is 36.2 Å². The molecule has 5 amide bonds. The molecule has 332 valence electrons. The third-order valence-corrected chi connectivity index (χ3v) is 12.4. The fraction of sp³-hybridized carbons (Fsp3) is 0.438. The van der Waals surface area contributed by atoms with Gasteiger partial charge in [-0.3, -0.25) is 33.7 Å². The Balaban J connectivity index is 0.684. The highest BCUT2D eigenvalue weighted by molar-refractivity contribution is 6.25. The van der Waals surface area contributed by atoms with Crippen molar-refractivity contribution in [2.45, 2.75) is 102 Å². The minimum absolute atomic E-state index is 0.0224. The quantitative estimate of drug-likeness (QED) is 0.0361. The van der Waals surface area contributed by atoms with Crippen molar-refractivity contribution in [3.63, 3.8) is 0 Å². The topological polar surface area (TPSA) is 193 Å². The lowest BCUT2D eigenvalue weighted by atomic mass is 10.0. The number of rotatable bonds is 22. The van der Waals surface area contributed by atoms with Crippen LogP contribution in [0.25, 0.3) is 0 Å². The molecule has 5 N–H and O–H groups in total. The fourth-order valence-electron chi connectivity index (χ4n) is 8.92. The number of unbranched alkanes of at least 4 members (excludes halogenated alkanes) is 7. The molecule has 15 nitrogen and oxygen atoms in total. The van der Waals surface area contributed by atoms with Gasteiger partial charge in [-0.15, -0.1) is 0 Å². The molecule has 0 radical (unpaired) electrons. The summed E-state index contributed by atoms with van der Waals surface area (Å²) in [6.45, 7) is 7.17. The number of aromatic nitrogens is 1. The van der Waals surface area contributed by atoms with E-state index < -0.39 is 17.9 Å². The largest absolute Gasteiger partial charge is 0.507 e. The van der Waals surface area contributed by atoms with E-state index in [-0.39, 0.29) is 46.9 Å². The van der Waals surface area contributed by atoms with E-state index in [4.69, 9.17) is 0 Å². The van der Waals surface area contributed by atoms with Crippen LogP contribution in [0.15, 0.2) is 85.3 Å². The molecule has 4 aliphatic rings. The summed E-state index contributed by atoms with van der Waals surface area (Å²) < 4.78 is 0. The second-order valence-corrected chi connectivity index (χ2v) is 16.8. The summed E-state index contributed by atoms with van der Waals surface area (Å²) in [4.78, 5) is 86.7. The molecule has 7 rings (SSSR count). The van der Waals surface area contributed by atoms with Crippen LogP contribution in [0.5, 0.6) is 5.75 Å². The van der Waals surface area contributed by atoms with Gasteiger partial charge >= 0.3 is 0 Å². The van der Waals surface area contributed by atoms with E-state index in [1.807, 2.05) is 18.3 Å². The van der Waals surface area contributed by atoms with Crippen molar-refractivity contribution in [1.82, 2.24) is 30.7 Å². The van der Waals surface area contributed by atoms with E-state index >= 15 is 0 Å². The molecule has 0 spiro atoms. The van der Waals surface area contributed by atoms with Crippen molar-refractivity contribution in [2.24, 2.45) is 0 Å². The van der Waals surface area contributed by atoms with Crippen LogP contribution in [-0.4, -0.2) is 106 Å². The number of para-hydroxylation sites is 1. The van der Waals surface area contributed by atoms with Crippen molar-refractivity contribution < 1.29 is 33.9 Å². The van der Waals surface area contributed by atoms with Gasteiger partial charge in [-0.25, -0.2) is 4.98 Å². The third-order valence-electron chi connectivity index (χ3n) is 12.4. The molecule has 15 heteroatoms. The number of amides is 5. The van der Waals surface area contributed by atoms with Crippen molar-refractivity contribution in [3.05, 3.63) is 108 Å². The highest BCUT2D eigenvalue weighted by Gasteiger charge is 2.45. The average molecular weight is 859 g/mol. The summed E-state index contributed by atoms with van der Waals surface area (Å²) in [5, 5.41) is 21.9. The maximum absolute atomic E-state index is 13.3. The van der Waals surface area contributed by atoms with Crippen LogP contribution >= 0.6 is 0 Å². The molecule has 2 aromatic carbocycles. The van der Waals surface area contributed by atoms with Crippen LogP contribution in [0.4, 0.5) is 11.5 Å². The van der Waals surface area contributed by atoms with Crippen molar-refractivity contribution in [1.29, 1.82) is 0 Å². The number of likely N-dealkylation sites (tertiary alicyclic amines) is 1. The number of fused-ring (bicyclic) bond motifs is 3. The zero-order chi connectivity index (χ0) is 44.3. The number of carbonyl (C=O) groups excluding carboxylic acids is 6. The molecule has 0 aliphatic carbocycles. The molecular weight excluding hydrogens is 801 g/mol. The lowest BCUT2D eigenvalue weighted by Gasteiger charge is -2.34. The number of nitrogens with zero attached hydrogens (tertiary/aromatic N) is 4. The second kappa shape index (κ2) is 21.0. The highest BCUT2D eigenvalue weighted by atomic mass is 16.3. The first-order valence-corrected chi connectivity index (χ1v) is 22.4. The molecule has 2 bridgehead atoms. The monoisotopic (exact) mass is 858 g/mol. The van der Waals surface area contributed by atoms with Gasteiger partial charge in [0.25, 0.3) is 17.7 Å². The number of phenolic OH excluding ortho intramolecular Hbond substituents is 1. The first kappa shape index (κ1) is 44.5. The Kier molecular flexibility index (Phi) is 14.9. The number of allylic oxidation sites excluding steroid dienone is 2. The Morgan fingerprint density at radius 1 is 0.825 bits per heavy atom. The van der Waals surface area contributed by atoms with Gasteiger partial charge in [-0.1, -0.05) is 56.9 Å². The smallest absolute Gasteiger partial charge is 0.264 e. The molecule has 1 unspecified atom stereocenters. The predicted octanol–water partition coefficient (Wildman–Crippen LogP) is 5.69. The molecule has 3 fully saturated rings. The van der Waals surface area contributed by atoms with Gasteiger partial charge in [-0.05, 0) is 81.3 Å². The number of piperazine rings is 1. The molecular formula is C48H58N8O7. The third kappa shape index (κ3) is 10.9. The standard InChI is InChI=1S/C48H58N8O7/c1-32-19-21-39(46(61)53-32)56-47(62)37-15-13-16-38(44(37)48(56)63)49-24-10-4-2-3-7-18-43(59)50-25-11-5-6-12-26-51-45(60)33-20-22-42(52-29-33)55-31-34-28-35(55)30-54(34)27-23-41(58)36-14-8-9-17-40(36)57/h8-9,13-17,20,22-23,27,29,34-35,39,49,57H,1-7,10-12,18-19,21,24-26,28,30-31H2,(H,50,59)(H,51,60)(H,53,61)/b27-23+/t34-,35-,39?/m1/s1. The second-order valence-electron chi connectivity index (χ2n) is 16.8. The number of hydrogen-bond donors (Lipinski definition) is 5. The van der Waals surface area contributed by atoms with Gasteiger partial charge in [0.05, 0.1) is 22.3 Å². The Morgan fingerprint density at radius 2 is 1.57 bits per heavy atom. The van der Waals surface area contributed by atoms with Gasteiger partial charge in [0.2, 0.25) is 11.8 Å². The van der Waals surface area contributed by atoms with Gasteiger partial charge in [-0.2, -0.15) is 0 Å². The molecule has 5 heterocycles. The molecule has 4 aliphatic heterocycles. The first-order valence-electron chi connectivity index (χ1n) is 22.4. The van der Waals surface area contributed by atoms with Gasteiger partial charge in [0.15, 0.2) is 5.78 Å². The number of nitrogens with one attached hydrogen (secondary N) is 4. The fourth-order valence-corrected chi connectivity index (χ4v) is 8.92. The lowest BCUT2D eigenvalue weighted by Crippen LogP contribution is -2.51. The number of ketones is 1. The summed E-state index contributed by atoms with van der Waals surface area (Å²) in [6, 6.07) is 15.1. The molecule has 3 saturated heterocycles. The normalized spacial score (nSPS) is 19.2. The van der Waals surface area contributed by atoms with Crippen molar-refractivity contribution >= 4 is 46.8 Å². The molecule has 0 saturated carbocycles. The zero-order valence-electron chi connectivity index (χ0n) is 35.8. The first-order chi connectivity index (χ1) is 30.6. The number of carbonyl (C=O) groups is 6. The van der Waals surface area contributed by atoms with E-state index in [1.165, 1.54) is 12.1 Å². The Morgan fingerprint density at radius 3 is 2.30 bits per heavy atom. The Bertz CT molecular complexity index is 2230. The van der Waals surface area contributed by atoms with Crippen LogP contribution in [-0.2, 0) is 9.59 Å². The SMILES string of the molecule is C=C1CCC(N2C(=O)c3cccc(NCCCCCCCC(=O)NCCCCCCNC(=O)c4ccc(N5C[C@H]6C[C@@H]5CN6/C=C/C(=O)c5ccccc5O)nc4)c3C2=O)C(=O)N1. The Hall–Kier alpha value is -6.51. The van der Waals surface area contributed by atoms with Crippen molar-refractivity contribution in [2.75, 3.05) is 42.9 Å². The van der Waals surface area contributed by atoms with Crippen LogP contribution < -0.4 is 26.2 Å². The van der Waals surface area contributed by atoms with Crippen LogP contribution in [0, 0.1) is 0 Å². The van der Waals surface area contributed by atoms with Gasteiger partial charge in [0, 0.05) is 81.1 Å². The molecule has 3 atom stereocenters. The number of benzene rings is 2.